The van der Waals surface area contributed by atoms with E-state index in [1.165, 1.54) is 64.3 Å². The van der Waals surface area contributed by atoms with Gasteiger partial charge in [0.25, 0.3) is 0 Å². The normalized spacial score (nSPS) is 38.1. The Labute approximate surface area is 119 Å². The number of aliphatic hydroxyl groups excluding tert-OH is 1. The van der Waals surface area contributed by atoms with E-state index in [0.717, 1.165) is 18.5 Å². The van der Waals surface area contributed by atoms with Gasteiger partial charge in [0.1, 0.15) is 0 Å². The minimum absolute atomic E-state index is 0.204. The first-order valence-electron chi connectivity index (χ1n) is 8.54. The molecule has 0 spiro atoms. The van der Waals surface area contributed by atoms with Crippen LogP contribution in [-0.2, 0) is 0 Å². The number of aliphatic hydroxyl groups is 1. The maximum absolute atomic E-state index is 9.99. The van der Waals surface area contributed by atoms with Crippen LogP contribution in [-0.4, -0.2) is 35.7 Å². The van der Waals surface area contributed by atoms with Crippen LogP contribution in [0.5, 0.6) is 0 Å². The van der Waals surface area contributed by atoms with Crippen LogP contribution in [0.25, 0.3) is 0 Å². The summed E-state index contributed by atoms with van der Waals surface area (Å²) in [5.74, 6) is 0.799. The van der Waals surface area contributed by atoms with E-state index in [4.69, 9.17) is 0 Å². The van der Waals surface area contributed by atoms with Crippen molar-refractivity contribution < 1.29 is 5.11 Å². The zero-order chi connectivity index (χ0) is 13.7. The van der Waals surface area contributed by atoms with Gasteiger partial charge in [-0.2, -0.15) is 0 Å². The van der Waals surface area contributed by atoms with Crippen LogP contribution in [0.2, 0.25) is 0 Å². The lowest BCUT2D eigenvalue weighted by Gasteiger charge is -2.44. The molecule has 2 rings (SSSR count). The molecular weight excluding hydrogens is 234 g/mol. The number of hydrogen-bond donors (Lipinski definition) is 1. The molecule has 2 nitrogen and oxygen atoms in total. The monoisotopic (exact) mass is 267 g/mol. The van der Waals surface area contributed by atoms with Gasteiger partial charge >= 0.3 is 0 Å². The molecule has 19 heavy (non-hydrogen) atoms. The first-order valence-corrected chi connectivity index (χ1v) is 8.54. The van der Waals surface area contributed by atoms with Gasteiger partial charge in [-0.1, -0.05) is 39.5 Å². The van der Waals surface area contributed by atoms with E-state index in [1.54, 1.807) is 0 Å². The summed E-state index contributed by atoms with van der Waals surface area (Å²) in [7, 11) is 0. The van der Waals surface area contributed by atoms with Crippen LogP contribution in [0.1, 0.15) is 71.6 Å². The molecule has 1 aliphatic carbocycles. The van der Waals surface area contributed by atoms with Crippen LogP contribution in [0.4, 0.5) is 0 Å². The molecule has 2 aliphatic rings. The highest BCUT2D eigenvalue weighted by molar-refractivity contribution is 4.89. The average Bonchev–Trinajstić information content (AvgIpc) is 2.63. The standard InChI is InChI=1S/C17H33NO/c1-3-16-9-5-4-6-11-18(16)13-17(14-19)10-7-8-15(2)12-17/h15-16,19H,3-14H2,1-2H3. The number of nitrogens with zero attached hydrogens (tertiary/aromatic N) is 1. The molecule has 1 heterocycles. The molecule has 3 unspecified atom stereocenters. The molecule has 2 heteroatoms. The van der Waals surface area contributed by atoms with Gasteiger partial charge in [0.05, 0.1) is 0 Å². The van der Waals surface area contributed by atoms with Crippen molar-refractivity contribution in [3.8, 4) is 0 Å². The Bertz CT molecular complexity index is 268. The van der Waals surface area contributed by atoms with Crippen LogP contribution >= 0.6 is 0 Å². The van der Waals surface area contributed by atoms with Crippen molar-refractivity contribution in [2.75, 3.05) is 19.7 Å². The molecule has 112 valence electrons. The van der Waals surface area contributed by atoms with Crippen molar-refractivity contribution in [1.29, 1.82) is 0 Å². The summed E-state index contributed by atoms with van der Waals surface area (Å²) in [6.07, 6.45) is 11.9. The van der Waals surface area contributed by atoms with Crippen molar-refractivity contribution in [3.05, 3.63) is 0 Å². The molecule has 0 amide bonds. The third kappa shape index (κ3) is 3.95. The molecule has 2 fully saturated rings. The van der Waals surface area contributed by atoms with E-state index in [2.05, 4.69) is 18.7 Å². The van der Waals surface area contributed by atoms with Gasteiger partial charge in [-0.15, -0.1) is 0 Å². The number of rotatable bonds is 4. The molecule has 0 bridgehead atoms. The Balaban J connectivity index is 2.02. The second-order valence-electron chi connectivity index (χ2n) is 7.24. The molecule has 3 atom stereocenters. The summed E-state index contributed by atoms with van der Waals surface area (Å²) >= 11 is 0. The predicted molar refractivity (Wildman–Crippen MR) is 81.3 cm³/mol. The van der Waals surface area contributed by atoms with Gasteiger partial charge in [0.2, 0.25) is 0 Å². The summed E-state index contributed by atoms with van der Waals surface area (Å²) < 4.78 is 0. The smallest absolute Gasteiger partial charge is 0.0499 e. The Morgan fingerprint density at radius 2 is 2.00 bits per heavy atom. The van der Waals surface area contributed by atoms with Gasteiger partial charge in [0, 0.05) is 24.6 Å². The van der Waals surface area contributed by atoms with E-state index in [1.807, 2.05) is 0 Å². The Morgan fingerprint density at radius 1 is 1.16 bits per heavy atom. The van der Waals surface area contributed by atoms with Crippen molar-refractivity contribution in [2.24, 2.45) is 11.3 Å². The van der Waals surface area contributed by atoms with Crippen LogP contribution in [0, 0.1) is 11.3 Å². The summed E-state index contributed by atoms with van der Waals surface area (Å²) in [5.41, 5.74) is 0.204. The summed E-state index contributed by atoms with van der Waals surface area (Å²) in [4.78, 5) is 2.72. The van der Waals surface area contributed by atoms with Crippen LogP contribution in [0.3, 0.4) is 0 Å². The molecule has 0 radical (unpaired) electrons. The second-order valence-corrected chi connectivity index (χ2v) is 7.24. The van der Waals surface area contributed by atoms with E-state index in [9.17, 15) is 5.11 Å². The van der Waals surface area contributed by atoms with Gasteiger partial charge in [-0.05, 0) is 44.6 Å². The predicted octanol–water partition coefficient (Wildman–Crippen LogP) is 3.83. The molecular formula is C17H33NO. The van der Waals surface area contributed by atoms with E-state index in [0.29, 0.717) is 6.61 Å². The Kier molecular flexibility index (Phi) is 5.70. The van der Waals surface area contributed by atoms with E-state index in [-0.39, 0.29) is 5.41 Å². The summed E-state index contributed by atoms with van der Waals surface area (Å²) in [6.45, 7) is 7.49. The van der Waals surface area contributed by atoms with Crippen molar-refractivity contribution in [3.63, 3.8) is 0 Å². The first kappa shape index (κ1) is 15.3. The fraction of sp³-hybridized carbons (Fsp3) is 1.00. The zero-order valence-electron chi connectivity index (χ0n) is 13.0. The lowest BCUT2D eigenvalue weighted by molar-refractivity contribution is 0.0107. The van der Waals surface area contributed by atoms with Crippen LogP contribution in [0.15, 0.2) is 0 Å². The Hall–Kier alpha value is -0.0800. The lowest BCUT2D eigenvalue weighted by atomic mass is 9.70. The van der Waals surface area contributed by atoms with Crippen molar-refractivity contribution in [1.82, 2.24) is 4.90 Å². The quantitative estimate of drug-likeness (QED) is 0.837. The van der Waals surface area contributed by atoms with Gasteiger partial charge in [-0.25, -0.2) is 0 Å². The number of likely N-dealkylation sites (tertiary alicyclic amines) is 1. The molecule has 1 aliphatic heterocycles. The molecule has 1 saturated heterocycles. The van der Waals surface area contributed by atoms with E-state index >= 15 is 0 Å². The van der Waals surface area contributed by atoms with Gasteiger partial charge in [-0.3, -0.25) is 4.90 Å². The summed E-state index contributed by atoms with van der Waals surface area (Å²) in [5, 5.41) is 9.99. The highest BCUT2D eigenvalue weighted by Crippen LogP contribution is 2.40. The third-order valence-corrected chi connectivity index (χ3v) is 5.53. The molecule has 1 N–H and O–H groups in total. The van der Waals surface area contributed by atoms with Crippen molar-refractivity contribution >= 4 is 0 Å². The first-order chi connectivity index (χ1) is 9.19. The minimum atomic E-state index is 0.204. The molecule has 0 aromatic carbocycles. The fourth-order valence-corrected chi connectivity index (χ4v) is 4.44. The van der Waals surface area contributed by atoms with Gasteiger partial charge in [0.15, 0.2) is 0 Å². The lowest BCUT2D eigenvalue weighted by Crippen LogP contribution is -2.46. The SMILES string of the molecule is CCC1CCCCCN1CC1(CO)CCCC(C)C1. The highest BCUT2D eigenvalue weighted by Gasteiger charge is 2.37. The molecule has 0 aromatic rings. The molecule has 1 saturated carbocycles. The second kappa shape index (κ2) is 7.08. The largest absolute Gasteiger partial charge is 0.396 e. The minimum Gasteiger partial charge on any atom is -0.396 e. The van der Waals surface area contributed by atoms with Crippen LogP contribution < -0.4 is 0 Å². The topological polar surface area (TPSA) is 23.5 Å². The third-order valence-electron chi connectivity index (χ3n) is 5.53. The highest BCUT2D eigenvalue weighted by atomic mass is 16.3. The number of hydrogen-bond acceptors (Lipinski definition) is 2. The van der Waals surface area contributed by atoms with Crippen molar-refractivity contribution in [2.45, 2.75) is 77.7 Å². The maximum atomic E-state index is 9.99. The maximum Gasteiger partial charge on any atom is 0.0499 e. The average molecular weight is 267 g/mol. The fourth-order valence-electron chi connectivity index (χ4n) is 4.44. The molecule has 0 aromatic heterocycles. The Morgan fingerprint density at radius 3 is 2.68 bits per heavy atom. The van der Waals surface area contributed by atoms with Gasteiger partial charge < -0.3 is 5.11 Å². The zero-order valence-corrected chi connectivity index (χ0v) is 13.0. The van der Waals surface area contributed by atoms with E-state index < -0.39 is 0 Å². The summed E-state index contributed by atoms with van der Waals surface area (Å²) in [6, 6.07) is 0.767.